The Bertz CT molecular complexity index is 830. The summed E-state index contributed by atoms with van der Waals surface area (Å²) in [5.41, 5.74) is 2.59. The fourth-order valence-electron chi connectivity index (χ4n) is 3.03. The molecule has 5 heteroatoms. The summed E-state index contributed by atoms with van der Waals surface area (Å²) >= 11 is 6.08. The fourth-order valence-corrected chi connectivity index (χ4v) is 3.21. The van der Waals surface area contributed by atoms with Crippen LogP contribution < -0.4 is 10.2 Å². The summed E-state index contributed by atoms with van der Waals surface area (Å²) in [6.07, 6.45) is 0. The number of fused-ring (bicyclic) bond motifs is 1. The highest BCUT2D eigenvalue weighted by atomic mass is 35.5. The number of para-hydroxylation sites is 1. The number of nitrogens with zero attached hydrogens (tertiary/aromatic N) is 1. The third-order valence-corrected chi connectivity index (χ3v) is 4.90. The Balaban J connectivity index is 1.83. The van der Waals surface area contributed by atoms with Gasteiger partial charge >= 0.3 is 0 Å². The number of hydrogen-bond acceptors (Lipinski definition) is 2. The van der Waals surface area contributed by atoms with E-state index < -0.39 is 5.41 Å². The summed E-state index contributed by atoms with van der Waals surface area (Å²) in [7, 11) is 0. The van der Waals surface area contributed by atoms with Gasteiger partial charge in [-0.1, -0.05) is 35.9 Å². The minimum atomic E-state index is -0.622. The Kier molecular flexibility index (Phi) is 4.10. The number of carbonyl (C=O) groups excluding carboxylic acids is 2. The van der Waals surface area contributed by atoms with Gasteiger partial charge in [0.15, 0.2) is 0 Å². The van der Waals surface area contributed by atoms with Crippen molar-refractivity contribution in [2.75, 3.05) is 16.8 Å². The zero-order chi connectivity index (χ0) is 17.5. The molecule has 0 unspecified atom stereocenters. The van der Waals surface area contributed by atoms with Crippen LogP contribution in [0.1, 0.15) is 25.0 Å². The molecule has 0 atom stereocenters. The molecule has 0 aliphatic carbocycles. The van der Waals surface area contributed by atoms with Crippen molar-refractivity contribution in [3.05, 3.63) is 58.6 Å². The second-order valence-electron chi connectivity index (χ2n) is 6.49. The van der Waals surface area contributed by atoms with E-state index in [0.717, 1.165) is 16.8 Å². The highest BCUT2D eigenvalue weighted by molar-refractivity contribution is 6.31. The number of nitrogens with one attached hydrogen (secondary N) is 1. The lowest BCUT2D eigenvalue weighted by Crippen LogP contribution is -2.40. The van der Waals surface area contributed by atoms with E-state index in [-0.39, 0.29) is 18.4 Å². The van der Waals surface area contributed by atoms with Crippen molar-refractivity contribution in [1.29, 1.82) is 0 Å². The van der Waals surface area contributed by atoms with Crippen molar-refractivity contribution in [3.63, 3.8) is 0 Å². The Labute approximate surface area is 146 Å². The van der Waals surface area contributed by atoms with Gasteiger partial charge in [-0.3, -0.25) is 9.59 Å². The molecule has 24 heavy (non-hydrogen) atoms. The minimum Gasteiger partial charge on any atom is -0.324 e. The van der Waals surface area contributed by atoms with Gasteiger partial charge < -0.3 is 10.2 Å². The van der Waals surface area contributed by atoms with Gasteiger partial charge in [-0.15, -0.1) is 0 Å². The largest absolute Gasteiger partial charge is 0.324 e. The van der Waals surface area contributed by atoms with E-state index in [1.807, 2.05) is 45.0 Å². The van der Waals surface area contributed by atoms with Crippen LogP contribution in [0.25, 0.3) is 0 Å². The lowest BCUT2D eigenvalue weighted by Gasteiger charge is -2.20. The number of anilines is 2. The van der Waals surface area contributed by atoms with Crippen molar-refractivity contribution in [2.45, 2.75) is 26.2 Å². The number of benzene rings is 2. The minimum absolute atomic E-state index is 0.0226. The van der Waals surface area contributed by atoms with Crippen LogP contribution in [0.15, 0.2) is 42.5 Å². The van der Waals surface area contributed by atoms with E-state index in [1.54, 1.807) is 23.1 Å². The molecule has 1 aliphatic heterocycles. The highest BCUT2D eigenvalue weighted by Crippen LogP contribution is 2.41. The molecule has 3 rings (SSSR count). The monoisotopic (exact) mass is 342 g/mol. The van der Waals surface area contributed by atoms with E-state index in [0.29, 0.717) is 10.7 Å². The topological polar surface area (TPSA) is 49.4 Å². The number of hydrogen-bond donors (Lipinski definition) is 1. The molecule has 124 valence electrons. The molecule has 0 spiro atoms. The second-order valence-corrected chi connectivity index (χ2v) is 6.90. The molecule has 0 bridgehead atoms. The molecule has 4 nitrogen and oxygen atoms in total. The van der Waals surface area contributed by atoms with Crippen LogP contribution in [0.3, 0.4) is 0 Å². The maximum atomic E-state index is 12.7. The van der Waals surface area contributed by atoms with Crippen LogP contribution in [-0.2, 0) is 15.0 Å². The number of rotatable bonds is 3. The average Bonchev–Trinajstić information content (AvgIpc) is 2.73. The van der Waals surface area contributed by atoms with Crippen molar-refractivity contribution in [3.8, 4) is 0 Å². The van der Waals surface area contributed by atoms with E-state index in [2.05, 4.69) is 5.32 Å². The van der Waals surface area contributed by atoms with Gasteiger partial charge in [0.2, 0.25) is 11.8 Å². The van der Waals surface area contributed by atoms with Crippen LogP contribution in [0, 0.1) is 6.92 Å². The molecule has 0 saturated carbocycles. The normalized spacial score (nSPS) is 15.3. The molecule has 2 amide bonds. The quantitative estimate of drug-likeness (QED) is 0.919. The molecule has 0 fully saturated rings. The Hall–Kier alpha value is -2.33. The summed E-state index contributed by atoms with van der Waals surface area (Å²) in [5.74, 6) is -0.317. The maximum Gasteiger partial charge on any atom is 0.244 e. The average molecular weight is 343 g/mol. The predicted octanol–water partition coefficient (Wildman–Crippen LogP) is 3.91. The summed E-state index contributed by atoms with van der Waals surface area (Å²) in [6.45, 7) is 5.59. The third-order valence-electron chi connectivity index (χ3n) is 4.49. The zero-order valence-corrected chi connectivity index (χ0v) is 14.6. The van der Waals surface area contributed by atoms with Gasteiger partial charge in [-0.2, -0.15) is 0 Å². The smallest absolute Gasteiger partial charge is 0.244 e. The van der Waals surface area contributed by atoms with Crippen molar-refractivity contribution in [2.24, 2.45) is 0 Å². The molecular weight excluding hydrogens is 324 g/mol. The van der Waals surface area contributed by atoms with E-state index >= 15 is 0 Å². The Morgan fingerprint density at radius 1 is 1.17 bits per heavy atom. The molecular formula is C19H19ClN2O2. The Morgan fingerprint density at radius 2 is 1.88 bits per heavy atom. The van der Waals surface area contributed by atoms with Gasteiger partial charge in [0, 0.05) is 16.4 Å². The SMILES string of the molecule is Cc1c(Cl)cccc1NC(=O)CN1C(=O)C(C)(C)c2ccccc21. The first-order chi connectivity index (χ1) is 11.3. The number of carbonyl (C=O) groups is 2. The molecule has 1 N–H and O–H groups in total. The van der Waals surface area contributed by atoms with Crippen LogP contribution >= 0.6 is 11.6 Å². The molecule has 0 aromatic heterocycles. The summed E-state index contributed by atoms with van der Waals surface area (Å²) < 4.78 is 0. The number of halogens is 1. The second kappa shape index (κ2) is 5.95. The van der Waals surface area contributed by atoms with Crippen molar-refractivity contribution >= 4 is 34.8 Å². The summed E-state index contributed by atoms with van der Waals surface area (Å²) in [4.78, 5) is 26.7. The third kappa shape index (κ3) is 2.67. The highest BCUT2D eigenvalue weighted by Gasteiger charge is 2.44. The van der Waals surface area contributed by atoms with E-state index in [9.17, 15) is 9.59 Å². The molecule has 1 aliphatic rings. The van der Waals surface area contributed by atoms with Crippen LogP contribution in [0.4, 0.5) is 11.4 Å². The lowest BCUT2D eigenvalue weighted by molar-refractivity contribution is -0.124. The number of amides is 2. The van der Waals surface area contributed by atoms with Crippen molar-refractivity contribution < 1.29 is 9.59 Å². The van der Waals surface area contributed by atoms with Crippen molar-refractivity contribution in [1.82, 2.24) is 0 Å². The lowest BCUT2D eigenvalue weighted by atomic mass is 9.86. The van der Waals surface area contributed by atoms with Gasteiger partial charge in [-0.05, 0) is 50.1 Å². The van der Waals surface area contributed by atoms with E-state index in [4.69, 9.17) is 11.6 Å². The van der Waals surface area contributed by atoms with Crippen LogP contribution in [0.2, 0.25) is 5.02 Å². The van der Waals surface area contributed by atoms with Crippen LogP contribution in [-0.4, -0.2) is 18.4 Å². The van der Waals surface area contributed by atoms with E-state index in [1.165, 1.54) is 0 Å². The molecule has 1 heterocycles. The summed E-state index contributed by atoms with van der Waals surface area (Å²) in [5, 5.41) is 3.43. The van der Waals surface area contributed by atoms with Gasteiger partial charge in [0.05, 0.1) is 5.41 Å². The molecule has 0 saturated heterocycles. The summed E-state index contributed by atoms with van der Waals surface area (Å²) in [6, 6.07) is 12.9. The maximum absolute atomic E-state index is 12.7. The Morgan fingerprint density at radius 3 is 2.62 bits per heavy atom. The standard InChI is InChI=1S/C19H19ClN2O2/c1-12-14(20)8-6-9-15(12)21-17(23)11-22-16-10-5-4-7-13(16)19(2,3)18(22)24/h4-10H,11H2,1-3H3,(H,21,23). The first kappa shape index (κ1) is 16.5. The first-order valence-electron chi connectivity index (χ1n) is 7.79. The van der Waals surface area contributed by atoms with Gasteiger partial charge in [-0.25, -0.2) is 0 Å². The zero-order valence-electron chi connectivity index (χ0n) is 13.9. The predicted molar refractivity (Wildman–Crippen MR) is 96.6 cm³/mol. The van der Waals surface area contributed by atoms with Crippen LogP contribution in [0.5, 0.6) is 0 Å². The van der Waals surface area contributed by atoms with Gasteiger partial charge in [0.25, 0.3) is 0 Å². The fraction of sp³-hybridized carbons (Fsp3) is 0.263. The molecule has 2 aromatic rings. The molecule has 2 aromatic carbocycles. The first-order valence-corrected chi connectivity index (χ1v) is 8.16. The molecule has 0 radical (unpaired) electrons. The van der Waals surface area contributed by atoms with Gasteiger partial charge in [0.1, 0.15) is 6.54 Å².